The van der Waals surface area contributed by atoms with Gasteiger partial charge in [-0.2, -0.15) is 0 Å². The molecule has 22 heavy (non-hydrogen) atoms. The Bertz CT molecular complexity index is 585. The summed E-state index contributed by atoms with van der Waals surface area (Å²) in [4.78, 5) is 0. The Kier molecular flexibility index (Phi) is 1.72. The first-order valence-corrected chi connectivity index (χ1v) is 10.0. The van der Waals surface area contributed by atoms with Gasteiger partial charge in [0.15, 0.2) is 0 Å². The van der Waals surface area contributed by atoms with Gasteiger partial charge >= 0.3 is 0 Å². The smallest absolute Gasteiger partial charge is 0.0160 e. The molecule has 0 aromatic rings. The molecule has 0 aromatic carbocycles. The molecule has 0 aliphatic heterocycles. The third-order valence-electron chi connectivity index (χ3n) is 10.2. The molecule has 12 bridgehead atoms. The molecule has 0 radical (unpaired) electrons. The lowest BCUT2D eigenvalue weighted by atomic mass is 9.71. The van der Waals surface area contributed by atoms with E-state index in [1.807, 2.05) is 11.1 Å². The van der Waals surface area contributed by atoms with Crippen LogP contribution in [0.4, 0.5) is 0 Å². The Balaban J connectivity index is 1.62. The van der Waals surface area contributed by atoms with Crippen molar-refractivity contribution < 1.29 is 0 Å². The molecular weight excluding hydrogens is 264 g/mol. The van der Waals surface area contributed by atoms with E-state index in [9.17, 15) is 0 Å². The van der Waals surface area contributed by atoms with Gasteiger partial charge in [-0.1, -0.05) is 36.1 Å². The highest BCUT2D eigenvalue weighted by atomic mass is 14.7. The molecule has 0 amide bonds. The van der Waals surface area contributed by atoms with Crippen LogP contribution in [0.15, 0.2) is 22.3 Å². The average Bonchev–Trinajstić information content (AvgIpc) is 3.17. The zero-order valence-corrected chi connectivity index (χ0v) is 14.1. The summed E-state index contributed by atoms with van der Waals surface area (Å²) in [6.07, 6.45) is 12.1. The summed E-state index contributed by atoms with van der Waals surface area (Å²) in [7, 11) is 0. The number of rotatable bonds is 0. The van der Waals surface area contributed by atoms with E-state index in [1.165, 1.54) is 25.7 Å². The van der Waals surface area contributed by atoms with Gasteiger partial charge in [0.2, 0.25) is 0 Å². The van der Waals surface area contributed by atoms with Crippen LogP contribution in [0.1, 0.15) is 65.2 Å². The molecule has 6 saturated carbocycles. The largest absolute Gasteiger partial charge is 0.0693 e. The maximum atomic E-state index is 2.65. The van der Waals surface area contributed by atoms with E-state index in [-0.39, 0.29) is 0 Å². The summed E-state index contributed by atoms with van der Waals surface area (Å²) in [5, 5.41) is 0. The van der Waals surface area contributed by atoms with E-state index in [0.717, 1.165) is 35.5 Å². The molecule has 6 fully saturated rings. The second kappa shape index (κ2) is 3.17. The Morgan fingerprint density at radius 2 is 0.909 bits per heavy atom. The minimum absolute atomic E-state index is 0.608. The van der Waals surface area contributed by atoms with Crippen molar-refractivity contribution in [2.45, 2.75) is 65.2 Å². The second-order valence-corrected chi connectivity index (χ2v) is 10.7. The molecule has 0 heterocycles. The van der Waals surface area contributed by atoms with E-state index in [2.05, 4.69) is 25.0 Å². The van der Waals surface area contributed by atoms with Crippen molar-refractivity contribution >= 4 is 0 Å². The molecule has 4 unspecified atom stereocenters. The fourth-order valence-corrected chi connectivity index (χ4v) is 9.57. The van der Waals surface area contributed by atoms with Crippen LogP contribution >= 0.6 is 0 Å². The van der Waals surface area contributed by atoms with Gasteiger partial charge in [0.1, 0.15) is 0 Å². The van der Waals surface area contributed by atoms with Crippen molar-refractivity contribution in [2.24, 2.45) is 46.3 Å². The summed E-state index contributed by atoms with van der Waals surface area (Å²) >= 11 is 0. The third kappa shape index (κ3) is 0.978. The summed E-state index contributed by atoms with van der Waals surface area (Å²) in [6, 6.07) is 0. The van der Waals surface area contributed by atoms with E-state index in [1.54, 1.807) is 25.7 Å². The zero-order valence-electron chi connectivity index (χ0n) is 14.1. The quantitative estimate of drug-likeness (QED) is 0.517. The molecule has 0 N–H and O–H groups in total. The van der Waals surface area contributed by atoms with Crippen molar-refractivity contribution in [2.75, 3.05) is 0 Å². The first kappa shape index (κ1) is 11.9. The number of allylic oxidation sites excluding steroid dienone is 4. The molecular formula is C22H28. The van der Waals surface area contributed by atoms with Crippen LogP contribution < -0.4 is 0 Å². The summed E-state index contributed by atoms with van der Waals surface area (Å²) < 4.78 is 0. The maximum absolute atomic E-state index is 2.65. The standard InChI is InChI=1S/C22H28/c1-21-7-11-9-22(21,2)10-12(8-21)18-14-4-3-13-17(11)15-5-6-16(18)20(15)19(13)14/h13-16,19-20H,3-10H2,1-2H3. The van der Waals surface area contributed by atoms with Crippen molar-refractivity contribution in [3.63, 3.8) is 0 Å². The Labute approximate surface area is 134 Å². The van der Waals surface area contributed by atoms with Gasteiger partial charge in [-0.25, -0.2) is 0 Å². The van der Waals surface area contributed by atoms with Crippen molar-refractivity contribution in [3.05, 3.63) is 22.3 Å². The highest BCUT2D eigenvalue weighted by Gasteiger charge is 2.67. The lowest BCUT2D eigenvalue weighted by Crippen LogP contribution is -2.25. The van der Waals surface area contributed by atoms with Gasteiger partial charge in [0.05, 0.1) is 0 Å². The molecule has 10 rings (SSSR count). The van der Waals surface area contributed by atoms with E-state index >= 15 is 0 Å². The highest BCUT2D eigenvalue weighted by Crippen LogP contribution is 2.77. The average molecular weight is 292 g/mol. The van der Waals surface area contributed by atoms with Crippen LogP contribution in [0.3, 0.4) is 0 Å². The van der Waals surface area contributed by atoms with E-state index < -0.39 is 0 Å². The second-order valence-electron chi connectivity index (χ2n) is 10.7. The van der Waals surface area contributed by atoms with E-state index in [0.29, 0.717) is 10.8 Å². The molecule has 0 spiro atoms. The first-order chi connectivity index (χ1) is 10.6. The van der Waals surface area contributed by atoms with Crippen LogP contribution in [0, 0.1) is 46.3 Å². The molecule has 0 nitrogen and oxygen atoms in total. The van der Waals surface area contributed by atoms with Crippen LogP contribution in [0.25, 0.3) is 0 Å². The van der Waals surface area contributed by atoms with Gasteiger partial charge in [-0.05, 0) is 97.7 Å². The monoisotopic (exact) mass is 292 g/mol. The normalized spacial score (nSPS) is 62.5. The topological polar surface area (TPSA) is 0 Å². The van der Waals surface area contributed by atoms with E-state index in [4.69, 9.17) is 0 Å². The number of hydrogen-bond acceptors (Lipinski definition) is 0. The Morgan fingerprint density at radius 1 is 0.591 bits per heavy atom. The highest BCUT2D eigenvalue weighted by molar-refractivity contribution is 5.47. The number of hydrogen-bond donors (Lipinski definition) is 0. The van der Waals surface area contributed by atoms with Gasteiger partial charge in [-0.3, -0.25) is 0 Å². The molecule has 0 aromatic heterocycles. The summed E-state index contributed by atoms with van der Waals surface area (Å²) in [5.41, 5.74) is 9.38. The van der Waals surface area contributed by atoms with Crippen molar-refractivity contribution in [1.82, 2.24) is 0 Å². The minimum Gasteiger partial charge on any atom is -0.0693 e. The van der Waals surface area contributed by atoms with Gasteiger partial charge in [0.25, 0.3) is 0 Å². The predicted molar refractivity (Wildman–Crippen MR) is 88.1 cm³/mol. The lowest BCUT2D eigenvalue weighted by Gasteiger charge is -2.33. The minimum atomic E-state index is 0.608. The van der Waals surface area contributed by atoms with Crippen molar-refractivity contribution in [3.8, 4) is 0 Å². The van der Waals surface area contributed by atoms with Crippen LogP contribution in [-0.2, 0) is 0 Å². The SMILES string of the molecule is CC12CC3=C4C5CCC6C(=C(C1)CC2(C)C3)C1CCC4C1C56. The molecule has 0 heteroatoms. The van der Waals surface area contributed by atoms with Gasteiger partial charge in [-0.15, -0.1) is 0 Å². The molecule has 10 aliphatic rings. The molecule has 116 valence electrons. The van der Waals surface area contributed by atoms with Gasteiger partial charge < -0.3 is 0 Å². The Hall–Kier alpha value is -0.520. The molecule has 4 atom stereocenters. The molecule has 0 saturated heterocycles. The maximum Gasteiger partial charge on any atom is -0.0160 e. The Morgan fingerprint density at radius 3 is 1.23 bits per heavy atom. The zero-order chi connectivity index (χ0) is 14.4. The first-order valence-electron chi connectivity index (χ1n) is 10.0. The predicted octanol–water partition coefficient (Wildman–Crippen LogP) is 5.51. The van der Waals surface area contributed by atoms with Crippen LogP contribution in [0.2, 0.25) is 0 Å². The fraction of sp³-hybridized carbons (Fsp3) is 0.818. The fourth-order valence-electron chi connectivity index (χ4n) is 9.57. The third-order valence-corrected chi connectivity index (χ3v) is 10.2. The summed E-state index contributed by atoms with van der Waals surface area (Å²) in [6.45, 7) is 5.31. The van der Waals surface area contributed by atoms with Crippen molar-refractivity contribution in [1.29, 1.82) is 0 Å². The van der Waals surface area contributed by atoms with Crippen LogP contribution in [0.5, 0.6) is 0 Å². The lowest BCUT2D eigenvalue weighted by molar-refractivity contribution is 0.157. The summed E-state index contributed by atoms with van der Waals surface area (Å²) in [5.74, 6) is 6.39. The van der Waals surface area contributed by atoms with Gasteiger partial charge in [0, 0.05) is 0 Å². The van der Waals surface area contributed by atoms with Crippen LogP contribution in [-0.4, -0.2) is 0 Å². The molecule has 10 aliphatic carbocycles.